The summed E-state index contributed by atoms with van der Waals surface area (Å²) in [6, 6.07) is 18.1. The molecule has 0 unspecified atom stereocenters. The molecule has 0 fully saturated rings. The number of nitrogens with zero attached hydrogens (tertiary/aromatic N) is 2. The van der Waals surface area contributed by atoms with Crippen molar-refractivity contribution in [2.75, 3.05) is 0 Å². The van der Waals surface area contributed by atoms with E-state index < -0.39 is 0 Å². The van der Waals surface area contributed by atoms with Crippen LogP contribution >= 0.6 is 11.3 Å². The number of thiophene rings is 1. The predicted molar refractivity (Wildman–Crippen MR) is 150 cm³/mol. The third-order valence-corrected chi connectivity index (χ3v) is 8.40. The molecule has 0 radical (unpaired) electrons. The number of aromatic nitrogens is 2. The van der Waals surface area contributed by atoms with Crippen molar-refractivity contribution in [3.8, 4) is 21.7 Å². The summed E-state index contributed by atoms with van der Waals surface area (Å²) in [4.78, 5) is 11.3. The Morgan fingerprint density at radius 1 is 0.971 bits per heavy atom. The lowest BCUT2D eigenvalue weighted by molar-refractivity contribution is 0.596. The molecule has 6 rings (SSSR count). The summed E-state index contributed by atoms with van der Waals surface area (Å²) in [7, 11) is 0. The lowest BCUT2D eigenvalue weighted by Crippen LogP contribution is -2.12. The van der Waals surface area contributed by atoms with Crippen LogP contribution in [0.25, 0.3) is 42.6 Å². The van der Waals surface area contributed by atoms with Gasteiger partial charge in [0.05, 0.1) is 5.69 Å². The Kier molecular flexibility index (Phi) is 5.30. The van der Waals surface area contributed by atoms with Crippen molar-refractivity contribution in [2.45, 2.75) is 59.3 Å². The lowest BCUT2D eigenvalue weighted by atomic mass is 9.82. The van der Waals surface area contributed by atoms with Gasteiger partial charge in [0.15, 0.2) is 0 Å². The molecule has 0 atom stereocenters. The minimum Gasteiger partial charge on any atom is -0.260 e. The van der Waals surface area contributed by atoms with Crippen molar-refractivity contribution in [1.29, 1.82) is 0 Å². The van der Waals surface area contributed by atoms with Gasteiger partial charge in [-0.2, -0.15) is 0 Å². The van der Waals surface area contributed by atoms with Crippen molar-refractivity contribution in [2.24, 2.45) is 5.92 Å². The molecule has 5 aromatic rings. The van der Waals surface area contributed by atoms with Crippen LogP contribution in [0.3, 0.4) is 0 Å². The fourth-order valence-corrected chi connectivity index (χ4v) is 6.89. The van der Waals surface area contributed by atoms with Gasteiger partial charge in [0.2, 0.25) is 0 Å². The average molecular weight is 477 g/mol. The molecule has 176 valence electrons. The van der Waals surface area contributed by atoms with Crippen LogP contribution in [0, 0.1) is 5.92 Å². The molecule has 2 aromatic carbocycles. The number of hydrogen-bond acceptors (Lipinski definition) is 3. The summed E-state index contributed by atoms with van der Waals surface area (Å²) in [6.07, 6.45) is 7.17. The minimum atomic E-state index is 0.0506. The van der Waals surface area contributed by atoms with Crippen molar-refractivity contribution in [3.05, 3.63) is 83.3 Å². The summed E-state index contributed by atoms with van der Waals surface area (Å²) in [5, 5.41) is 3.95. The monoisotopic (exact) mass is 476 g/mol. The molecule has 1 aliphatic carbocycles. The van der Waals surface area contributed by atoms with E-state index >= 15 is 0 Å². The number of pyridine rings is 2. The summed E-state index contributed by atoms with van der Waals surface area (Å²) in [5.41, 5.74) is 9.14. The zero-order valence-corrected chi connectivity index (χ0v) is 22.1. The molecule has 0 spiro atoms. The zero-order valence-electron chi connectivity index (χ0n) is 21.3. The van der Waals surface area contributed by atoms with Gasteiger partial charge in [-0.1, -0.05) is 58.9 Å². The molecule has 2 nitrogen and oxygen atoms in total. The van der Waals surface area contributed by atoms with Gasteiger partial charge >= 0.3 is 0 Å². The molecule has 0 amide bonds. The molecule has 0 aliphatic heterocycles. The Labute approximate surface area is 212 Å². The number of fused-ring (bicyclic) bond motifs is 6. The molecule has 0 N–H and O–H groups in total. The second-order valence-electron chi connectivity index (χ2n) is 11.4. The van der Waals surface area contributed by atoms with Crippen molar-refractivity contribution < 1.29 is 0 Å². The maximum absolute atomic E-state index is 4.99. The van der Waals surface area contributed by atoms with Gasteiger partial charge in [0.25, 0.3) is 0 Å². The lowest BCUT2D eigenvalue weighted by Gasteiger charge is -2.23. The summed E-state index contributed by atoms with van der Waals surface area (Å²) >= 11 is 1.91. The first kappa shape index (κ1) is 22.4. The summed E-state index contributed by atoms with van der Waals surface area (Å²) in [6.45, 7) is 11.5. The van der Waals surface area contributed by atoms with Crippen molar-refractivity contribution >= 4 is 32.2 Å². The van der Waals surface area contributed by atoms with Gasteiger partial charge < -0.3 is 0 Å². The Morgan fingerprint density at radius 2 is 1.80 bits per heavy atom. The molecular weight excluding hydrogens is 444 g/mol. The molecular formula is C32H32N2S. The maximum atomic E-state index is 4.99. The second-order valence-corrected chi connectivity index (χ2v) is 12.4. The first-order chi connectivity index (χ1) is 16.8. The topological polar surface area (TPSA) is 25.8 Å². The zero-order chi connectivity index (χ0) is 24.3. The number of hydrogen-bond donors (Lipinski definition) is 0. The van der Waals surface area contributed by atoms with E-state index in [0.717, 1.165) is 25.0 Å². The van der Waals surface area contributed by atoms with E-state index in [1.807, 2.05) is 17.5 Å². The molecule has 35 heavy (non-hydrogen) atoms. The van der Waals surface area contributed by atoms with E-state index in [4.69, 9.17) is 9.97 Å². The highest BCUT2D eigenvalue weighted by Crippen LogP contribution is 2.47. The fourth-order valence-electron chi connectivity index (χ4n) is 5.61. The van der Waals surface area contributed by atoms with E-state index in [9.17, 15) is 0 Å². The van der Waals surface area contributed by atoms with Crippen LogP contribution in [0.15, 0.2) is 60.9 Å². The minimum absolute atomic E-state index is 0.0506. The molecule has 3 heterocycles. The molecule has 0 saturated carbocycles. The molecule has 3 heteroatoms. The first-order valence-corrected chi connectivity index (χ1v) is 13.5. The van der Waals surface area contributed by atoms with Gasteiger partial charge in [-0.05, 0) is 82.3 Å². The largest absolute Gasteiger partial charge is 0.260 e. The van der Waals surface area contributed by atoms with Crippen LogP contribution in [-0.2, 0) is 24.7 Å². The smallest absolute Gasteiger partial charge is 0.0792 e. The number of benzene rings is 2. The standard InChI is InChI=1S/C32H32N2S/c1-19(2)14-20-15-25-27(34-18-20)11-10-24-29-28(35-31(24)25)12-13-33-30(29)22-16-21-8-6-7-9-23(21)26(17-22)32(3,4)5/h6-9,12-13,15-19H,10-11,14H2,1-5H3. The third kappa shape index (κ3) is 3.87. The average Bonchev–Trinajstić information content (AvgIpc) is 3.22. The Balaban J connectivity index is 1.58. The molecule has 0 bridgehead atoms. The molecule has 3 aromatic heterocycles. The van der Waals surface area contributed by atoms with Gasteiger partial charge in [0, 0.05) is 44.2 Å². The Hall–Kier alpha value is -3.04. The van der Waals surface area contributed by atoms with Crippen LogP contribution in [0.4, 0.5) is 0 Å². The SMILES string of the molecule is CC(C)Cc1cnc2c(c1)-c1sc3ccnc(-c4cc(C(C)(C)C)c5ccccc5c4)c3c1CC2. The Morgan fingerprint density at radius 3 is 2.60 bits per heavy atom. The predicted octanol–water partition coefficient (Wildman–Crippen LogP) is 8.77. The van der Waals surface area contributed by atoms with Gasteiger partial charge in [-0.15, -0.1) is 11.3 Å². The van der Waals surface area contributed by atoms with Crippen LogP contribution in [0.2, 0.25) is 0 Å². The summed E-state index contributed by atoms with van der Waals surface area (Å²) < 4.78 is 1.33. The van der Waals surface area contributed by atoms with Crippen LogP contribution < -0.4 is 0 Å². The highest BCUT2D eigenvalue weighted by Gasteiger charge is 2.26. The van der Waals surface area contributed by atoms with Crippen LogP contribution in [-0.4, -0.2) is 9.97 Å². The van der Waals surface area contributed by atoms with Crippen molar-refractivity contribution in [1.82, 2.24) is 9.97 Å². The third-order valence-electron chi connectivity index (χ3n) is 7.17. The van der Waals surface area contributed by atoms with E-state index in [2.05, 4.69) is 89.3 Å². The molecule has 1 aliphatic rings. The first-order valence-electron chi connectivity index (χ1n) is 12.7. The van der Waals surface area contributed by atoms with Crippen molar-refractivity contribution in [3.63, 3.8) is 0 Å². The normalized spacial score (nSPS) is 13.4. The second kappa shape index (κ2) is 8.27. The fraction of sp³-hybridized carbons (Fsp3) is 0.312. The van der Waals surface area contributed by atoms with Gasteiger partial charge in [0.1, 0.15) is 0 Å². The Bertz CT molecular complexity index is 1580. The highest BCUT2D eigenvalue weighted by molar-refractivity contribution is 7.22. The van der Waals surface area contributed by atoms with E-state index in [1.165, 1.54) is 59.2 Å². The number of rotatable bonds is 3. The maximum Gasteiger partial charge on any atom is 0.0792 e. The van der Waals surface area contributed by atoms with Gasteiger partial charge in [-0.3, -0.25) is 9.97 Å². The van der Waals surface area contributed by atoms with E-state index in [-0.39, 0.29) is 5.41 Å². The molecule has 0 saturated heterocycles. The highest BCUT2D eigenvalue weighted by atomic mass is 32.1. The number of aryl methyl sites for hydroxylation is 2. The van der Waals surface area contributed by atoms with Gasteiger partial charge in [-0.25, -0.2) is 0 Å². The van der Waals surface area contributed by atoms with E-state index in [0.29, 0.717) is 5.92 Å². The van der Waals surface area contributed by atoms with Crippen LogP contribution in [0.1, 0.15) is 57.0 Å². The van der Waals surface area contributed by atoms with E-state index in [1.54, 1.807) is 0 Å². The van der Waals surface area contributed by atoms with Crippen LogP contribution in [0.5, 0.6) is 0 Å². The quantitative estimate of drug-likeness (QED) is 0.260. The summed E-state index contributed by atoms with van der Waals surface area (Å²) in [5.74, 6) is 0.626.